The molecule has 6 nitrogen and oxygen atoms in total. The zero-order chi connectivity index (χ0) is 17.8. The first-order chi connectivity index (χ1) is 12.1. The SMILES string of the molecule is CSc1nnc([C@H]2CCC[NH+](CC(=O)N[C@@H]3CCCC[C@@H]3C)C2)n1C. The van der Waals surface area contributed by atoms with E-state index < -0.39 is 0 Å². The molecule has 0 radical (unpaired) electrons. The maximum absolute atomic E-state index is 12.5. The molecule has 25 heavy (non-hydrogen) atoms. The van der Waals surface area contributed by atoms with Gasteiger partial charge in [0.15, 0.2) is 11.7 Å². The van der Waals surface area contributed by atoms with Crippen molar-refractivity contribution in [1.29, 1.82) is 0 Å². The molecule has 2 heterocycles. The molecule has 0 spiro atoms. The van der Waals surface area contributed by atoms with Crippen molar-refractivity contribution in [2.45, 2.75) is 62.6 Å². The highest BCUT2D eigenvalue weighted by Crippen LogP contribution is 2.24. The largest absolute Gasteiger partial charge is 0.348 e. The van der Waals surface area contributed by atoms with Gasteiger partial charge in [0, 0.05) is 13.1 Å². The van der Waals surface area contributed by atoms with Crippen LogP contribution in [0.1, 0.15) is 57.2 Å². The highest BCUT2D eigenvalue weighted by Gasteiger charge is 2.30. The highest BCUT2D eigenvalue weighted by atomic mass is 32.2. The van der Waals surface area contributed by atoms with E-state index in [0.29, 0.717) is 24.4 Å². The Morgan fingerprint density at radius 3 is 2.80 bits per heavy atom. The van der Waals surface area contributed by atoms with Gasteiger partial charge < -0.3 is 14.8 Å². The molecule has 7 heteroatoms. The van der Waals surface area contributed by atoms with Crippen LogP contribution in [0.5, 0.6) is 0 Å². The molecule has 1 aliphatic carbocycles. The molecule has 2 fully saturated rings. The van der Waals surface area contributed by atoms with Gasteiger partial charge in [-0.2, -0.15) is 0 Å². The lowest BCUT2D eigenvalue weighted by Gasteiger charge is -2.32. The highest BCUT2D eigenvalue weighted by molar-refractivity contribution is 7.98. The summed E-state index contributed by atoms with van der Waals surface area (Å²) in [7, 11) is 2.05. The summed E-state index contributed by atoms with van der Waals surface area (Å²) < 4.78 is 2.11. The Bertz CT molecular complexity index is 590. The van der Waals surface area contributed by atoms with Crippen molar-refractivity contribution in [1.82, 2.24) is 20.1 Å². The van der Waals surface area contributed by atoms with E-state index in [9.17, 15) is 4.79 Å². The number of hydrogen-bond donors (Lipinski definition) is 2. The predicted octanol–water partition coefficient (Wildman–Crippen LogP) is 0.994. The van der Waals surface area contributed by atoms with E-state index in [4.69, 9.17) is 0 Å². The lowest BCUT2D eigenvalue weighted by Crippen LogP contribution is -3.14. The monoisotopic (exact) mass is 366 g/mol. The minimum atomic E-state index is 0.220. The van der Waals surface area contributed by atoms with Crippen LogP contribution in [0.2, 0.25) is 0 Å². The van der Waals surface area contributed by atoms with Gasteiger partial charge in [0.25, 0.3) is 5.91 Å². The van der Waals surface area contributed by atoms with E-state index in [1.807, 2.05) is 13.3 Å². The molecule has 1 amide bonds. The van der Waals surface area contributed by atoms with E-state index in [0.717, 1.165) is 43.3 Å². The molecule has 1 unspecified atom stereocenters. The maximum Gasteiger partial charge on any atom is 0.275 e. The lowest BCUT2D eigenvalue weighted by atomic mass is 9.86. The first-order valence-corrected chi connectivity index (χ1v) is 10.9. The van der Waals surface area contributed by atoms with Gasteiger partial charge in [-0.15, -0.1) is 10.2 Å². The predicted molar refractivity (Wildman–Crippen MR) is 99.9 cm³/mol. The zero-order valence-corrected chi connectivity index (χ0v) is 16.6. The number of amides is 1. The van der Waals surface area contributed by atoms with Crippen molar-refractivity contribution in [3.63, 3.8) is 0 Å². The standard InChI is InChI=1S/C18H31N5OS/c1-13-7-4-5-9-15(13)19-16(24)12-23-10-6-8-14(11-23)17-20-21-18(25-3)22(17)2/h13-15H,4-12H2,1-3H3,(H,19,24)/p+1/t13-,14-,15+/m0/s1. The summed E-state index contributed by atoms with van der Waals surface area (Å²) in [6.45, 7) is 4.92. The molecule has 1 aromatic heterocycles. The van der Waals surface area contributed by atoms with E-state index >= 15 is 0 Å². The molecule has 0 bridgehead atoms. The number of nitrogens with one attached hydrogen (secondary N) is 2. The van der Waals surface area contributed by atoms with Gasteiger partial charge in [0.05, 0.1) is 19.0 Å². The van der Waals surface area contributed by atoms with E-state index in [1.54, 1.807) is 11.8 Å². The molecule has 0 aromatic carbocycles. The van der Waals surface area contributed by atoms with Gasteiger partial charge >= 0.3 is 0 Å². The topological polar surface area (TPSA) is 64.2 Å². The smallest absolute Gasteiger partial charge is 0.275 e. The van der Waals surface area contributed by atoms with Crippen LogP contribution in [0, 0.1) is 5.92 Å². The number of aromatic nitrogens is 3. The van der Waals surface area contributed by atoms with Crippen molar-refractivity contribution in [2.24, 2.45) is 13.0 Å². The Morgan fingerprint density at radius 2 is 2.08 bits per heavy atom. The Kier molecular flexibility index (Phi) is 6.39. The fourth-order valence-electron chi connectivity index (χ4n) is 4.41. The number of carbonyl (C=O) groups is 1. The second-order valence-corrected chi connectivity index (χ2v) is 8.53. The second kappa shape index (κ2) is 8.54. The lowest BCUT2D eigenvalue weighted by molar-refractivity contribution is -0.898. The van der Waals surface area contributed by atoms with Crippen LogP contribution in [-0.2, 0) is 11.8 Å². The minimum Gasteiger partial charge on any atom is -0.348 e. The molecule has 2 N–H and O–H groups in total. The van der Waals surface area contributed by atoms with E-state index in [1.165, 1.54) is 24.2 Å². The summed E-state index contributed by atoms with van der Waals surface area (Å²) in [5.74, 6) is 2.31. The van der Waals surface area contributed by atoms with Crippen LogP contribution in [0.15, 0.2) is 5.16 Å². The summed E-state index contributed by atoms with van der Waals surface area (Å²) in [5, 5.41) is 12.9. The Balaban J connectivity index is 1.54. The average molecular weight is 367 g/mol. The van der Waals surface area contributed by atoms with Crippen molar-refractivity contribution in [3.8, 4) is 0 Å². The number of carbonyl (C=O) groups excluding carboxylic acids is 1. The Hall–Kier alpha value is -1.08. The fraction of sp³-hybridized carbons (Fsp3) is 0.833. The molecule has 3 rings (SSSR count). The molecule has 4 atom stereocenters. The molecule has 1 aromatic rings. The number of hydrogen-bond acceptors (Lipinski definition) is 4. The van der Waals surface area contributed by atoms with Crippen LogP contribution in [0.4, 0.5) is 0 Å². The third kappa shape index (κ3) is 4.56. The quantitative estimate of drug-likeness (QED) is 0.763. The zero-order valence-electron chi connectivity index (χ0n) is 15.8. The summed E-state index contributed by atoms with van der Waals surface area (Å²) in [6.07, 6.45) is 9.26. The number of piperidine rings is 1. The average Bonchev–Trinajstić information content (AvgIpc) is 2.98. The van der Waals surface area contributed by atoms with E-state index in [-0.39, 0.29) is 5.91 Å². The Morgan fingerprint density at radius 1 is 1.28 bits per heavy atom. The number of rotatable bonds is 5. The third-order valence-electron chi connectivity index (χ3n) is 5.90. The van der Waals surface area contributed by atoms with Crippen LogP contribution in [0.25, 0.3) is 0 Å². The molecular formula is C18H32N5OS+. The second-order valence-electron chi connectivity index (χ2n) is 7.76. The van der Waals surface area contributed by atoms with Crippen LogP contribution in [0.3, 0.4) is 0 Å². The molecular weight excluding hydrogens is 334 g/mol. The maximum atomic E-state index is 12.5. The van der Waals surface area contributed by atoms with Crippen molar-refractivity contribution in [3.05, 3.63) is 5.82 Å². The van der Waals surface area contributed by atoms with Gasteiger partial charge in [-0.1, -0.05) is 31.5 Å². The fourth-order valence-corrected chi connectivity index (χ4v) is 4.90. The summed E-state index contributed by atoms with van der Waals surface area (Å²) in [5.41, 5.74) is 0. The normalized spacial score (nSPS) is 30.2. The van der Waals surface area contributed by atoms with Crippen LogP contribution >= 0.6 is 11.8 Å². The van der Waals surface area contributed by atoms with Crippen molar-refractivity contribution in [2.75, 3.05) is 25.9 Å². The van der Waals surface area contributed by atoms with Crippen molar-refractivity contribution >= 4 is 17.7 Å². The number of likely N-dealkylation sites (tertiary alicyclic amines) is 1. The number of thioether (sulfide) groups is 1. The summed E-state index contributed by atoms with van der Waals surface area (Å²) in [6, 6.07) is 0.379. The van der Waals surface area contributed by atoms with Crippen LogP contribution in [-0.4, -0.2) is 52.6 Å². The summed E-state index contributed by atoms with van der Waals surface area (Å²) in [4.78, 5) is 13.9. The van der Waals surface area contributed by atoms with Gasteiger partial charge in [-0.3, -0.25) is 4.79 Å². The number of nitrogens with zero attached hydrogens (tertiary/aromatic N) is 3. The molecule has 140 valence electrons. The third-order valence-corrected chi connectivity index (χ3v) is 6.62. The van der Waals surface area contributed by atoms with Crippen LogP contribution < -0.4 is 10.2 Å². The van der Waals surface area contributed by atoms with Gasteiger partial charge in [0.1, 0.15) is 5.82 Å². The number of quaternary nitrogens is 1. The molecule has 1 saturated carbocycles. The molecule has 1 saturated heterocycles. The first-order valence-electron chi connectivity index (χ1n) is 9.64. The molecule has 1 aliphatic heterocycles. The minimum absolute atomic E-state index is 0.220. The van der Waals surface area contributed by atoms with Gasteiger partial charge in [-0.05, 0) is 37.9 Å². The van der Waals surface area contributed by atoms with E-state index in [2.05, 4.69) is 27.0 Å². The molecule has 2 aliphatic rings. The Labute approximate surface area is 155 Å². The first kappa shape index (κ1) is 18.7. The van der Waals surface area contributed by atoms with Crippen molar-refractivity contribution < 1.29 is 9.69 Å². The van der Waals surface area contributed by atoms with Gasteiger partial charge in [0.2, 0.25) is 0 Å². The summed E-state index contributed by atoms with van der Waals surface area (Å²) >= 11 is 1.63. The van der Waals surface area contributed by atoms with Gasteiger partial charge in [-0.25, -0.2) is 0 Å².